The molecule has 0 atom stereocenters. The summed E-state index contributed by atoms with van der Waals surface area (Å²) in [6.07, 6.45) is 0. The lowest BCUT2D eigenvalue weighted by molar-refractivity contribution is 0.617. The number of hydrogen-bond acceptors (Lipinski definition) is 4. The zero-order chi connectivity index (χ0) is 14.5. The summed E-state index contributed by atoms with van der Waals surface area (Å²) >= 11 is 1.91. The number of anilines is 1. The fraction of sp³-hybridized carbons (Fsp3) is 0.235. The molecule has 21 heavy (non-hydrogen) atoms. The molecule has 3 nitrogen and oxygen atoms in total. The Labute approximate surface area is 128 Å². The summed E-state index contributed by atoms with van der Waals surface area (Å²) in [6.45, 7) is 2.96. The Kier molecular flexibility index (Phi) is 4.46. The van der Waals surface area contributed by atoms with Crippen LogP contribution in [0.25, 0.3) is 11.1 Å². The van der Waals surface area contributed by atoms with Crippen LogP contribution in [0.2, 0.25) is 0 Å². The molecule has 1 heterocycles. The lowest BCUT2D eigenvalue weighted by atomic mass is 10.2. The lowest BCUT2D eigenvalue weighted by Gasteiger charge is -2.03. The molecule has 0 aliphatic carbocycles. The second-order valence-corrected chi connectivity index (χ2v) is 6.06. The molecule has 3 aromatic rings. The molecular weight excluding hydrogens is 280 g/mol. The van der Waals surface area contributed by atoms with Gasteiger partial charge in [0, 0.05) is 18.1 Å². The third kappa shape index (κ3) is 3.79. The van der Waals surface area contributed by atoms with Gasteiger partial charge in [-0.3, -0.25) is 0 Å². The number of nitrogens with one attached hydrogen (secondary N) is 1. The van der Waals surface area contributed by atoms with Gasteiger partial charge in [-0.2, -0.15) is 16.7 Å². The van der Waals surface area contributed by atoms with Gasteiger partial charge in [0.15, 0.2) is 5.58 Å². The van der Waals surface area contributed by atoms with Crippen LogP contribution in [-0.2, 0) is 5.75 Å². The SMILES string of the molecule is Cc1ccc(CSCCNc2nc3ccccc3o2)cc1. The van der Waals surface area contributed by atoms with Gasteiger partial charge in [-0.15, -0.1) is 0 Å². The van der Waals surface area contributed by atoms with E-state index in [1.807, 2.05) is 36.0 Å². The van der Waals surface area contributed by atoms with Crippen molar-refractivity contribution in [2.45, 2.75) is 12.7 Å². The molecule has 4 heteroatoms. The number of fused-ring (bicyclic) bond motifs is 1. The van der Waals surface area contributed by atoms with Crippen molar-refractivity contribution in [1.29, 1.82) is 0 Å². The van der Waals surface area contributed by atoms with Gasteiger partial charge in [-0.05, 0) is 24.6 Å². The normalized spacial score (nSPS) is 10.9. The monoisotopic (exact) mass is 298 g/mol. The van der Waals surface area contributed by atoms with Crippen LogP contribution in [-0.4, -0.2) is 17.3 Å². The molecule has 0 bridgehead atoms. The van der Waals surface area contributed by atoms with Crippen molar-refractivity contribution in [3.63, 3.8) is 0 Å². The number of thioether (sulfide) groups is 1. The van der Waals surface area contributed by atoms with E-state index in [1.165, 1.54) is 11.1 Å². The summed E-state index contributed by atoms with van der Waals surface area (Å²) in [7, 11) is 0. The highest BCUT2D eigenvalue weighted by Crippen LogP contribution is 2.18. The van der Waals surface area contributed by atoms with Crippen LogP contribution in [0.1, 0.15) is 11.1 Å². The van der Waals surface area contributed by atoms with Gasteiger partial charge < -0.3 is 9.73 Å². The number of nitrogens with zero attached hydrogens (tertiary/aromatic N) is 1. The molecule has 0 aliphatic rings. The van der Waals surface area contributed by atoms with Crippen LogP contribution in [0.4, 0.5) is 6.01 Å². The maximum atomic E-state index is 5.61. The van der Waals surface area contributed by atoms with Crippen LogP contribution >= 0.6 is 11.8 Å². The molecule has 0 saturated carbocycles. The third-order valence-electron chi connectivity index (χ3n) is 3.21. The average molecular weight is 298 g/mol. The minimum absolute atomic E-state index is 0.604. The average Bonchev–Trinajstić information content (AvgIpc) is 2.91. The second kappa shape index (κ2) is 6.68. The molecule has 3 rings (SSSR count). The Hall–Kier alpha value is -1.94. The number of para-hydroxylation sites is 2. The first-order valence-corrected chi connectivity index (χ1v) is 8.19. The zero-order valence-electron chi connectivity index (χ0n) is 12.0. The summed E-state index contributed by atoms with van der Waals surface area (Å²) in [6, 6.07) is 17.1. The summed E-state index contributed by atoms with van der Waals surface area (Å²) in [5.41, 5.74) is 4.40. The number of hydrogen-bond donors (Lipinski definition) is 1. The molecule has 0 saturated heterocycles. The molecule has 0 amide bonds. The second-order valence-electron chi connectivity index (χ2n) is 4.95. The van der Waals surface area contributed by atoms with Crippen molar-refractivity contribution in [1.82, 2.24) is 4.98 Å². The minimum atomic E-state index is 0.604. The predicted octanol–water partition coefficient (Wildman–Crippen LogP) is 4.48. The quantitative estimate of drug-likeness (QED) is 0.681. The molecule has 0 radical (unpaired) electrons. The highest BCUT2D eigenvalue weighted by molar-refractivity contribution is 7.98. The Bertz CT molecular complexity index is 673. The fourth-order valence-corrected chi connectivity index (χ4v) is 2.87. The van der Waals surface area contributed by atoms with Gasteiger partial charge in [0.1, 0.15) is 5.52 Å². The molecular formula is C17H18N2OS. The van der Waals surface area contributed by atoms with Gasteiger partial charge in [0.25, 0.3) is 6.01 Å². The predicted molar refractivity (Wildman–Crippen MR) is 89.8 cm³/mol. The minimum Gasteiger partial charge on any atom is -0.424 e. The van der Waals surface area contributed by atoms with Gasteiger partial charge >= 0.3 is 0 Å². The Morgan fingerprint density at radius 2 is 1.90 bits per heavy atom. The first kappa shape index (κ1) is 14.0. The van der Waals surface area contributed by atoms with Crippen molar-refractivity contribution in [3.8, 4) is 0 Å². The van der Waals surface area contributed by atoms with E-state index < -0.39 is 0 Å². The molecule has 1 aromatic heterocycles. The number of aromatic nitrogens is 1. The van der Waals surface area contributed by atoms with Gasteiger partial charge in [-0.1, -0.05) is 42.0 Å². The van der Waals surface area contributed by atoms with Crippen LogP contribution in [0.15, 0.2) is 52.9 Å². The molecule has 0 spiro atoms. The number of rotatable bonds is 6. The first-order valence-electron chi connectivity index (χ1n) is 7.04. The molecule has 0 fully saturated rings. The van der Waals surface area contributed by atoms with Crippen molar-refractivity contribution < 1.29 is 4.42 Å². The van der Waals surface area contributed by atoms with E-state index in [4.69, 9.17) is 4.42 Å². The first-order chi connectivity index (χ1) is 10.3. The Morgan fingerprint density at radius 1 is 1.10 bits per heavy atom. The zero-order valence-corrected chi connectivity index (χ0v) is 12.8. The van der Waals surface area contributed by atoms with E-state index >= 15 is 0 Å². The summed E-state index contributed by atoms with van der Waals surface area (Å²) in [5, 5.41) is 3.23. The van der Waals surface area contributed by atoms with E-state index in [1.54, 1.807) is 0 Å². The van der Waals surface area contributed by atoms with Crippen molar-refractivity contribution in [2.24, 2.45) is 0 Å². The Balaban J connectivity index is 1.42. The number of benzene rings is 2. The van der Waals surface area contributed by atoms with Gasteiger partial charge in [-0.25, -0.2) is 0 Å². The van der Waals surface area contributed by atoms with Crippen LogP contribution in [0.3, 0.4) is 0 Å². The van der Waals surface area contributed by atoms with Crippen LogP contribution in [0, 0.1) is 6.92 Å². The maximum Gasteiger partial charge on any atom is 0.295 e. The number of oxazole rings is 1. The molecule has 0 aliphatic heterocycles. The van der Waals surface area contributed by atoms with E-state index in [0.717, 1.165) is 29.2 Å². The summed E-state index contributed by atoms with van der Waals surface area (Å²) in [5.74, 6) is 2.06. The number of aryl methyl sites for hydroxylation is 1. The van der Waals surface area contributed by atoms with Crippen molar-refractivity contribution in [2.75, 3.05) is 17.6 Å². The smallest absolute Gasteiger partial charge is 0.295 e. The third-order valence-corrected chi connectivity index (χ3v) is 4.24. The largest absolute Gasteiger partial charge is 0.424 e. The maximum absolute atomic E-state index is 5.61. The fourth-order valence-electron chi connectivity index (χ4n) is 2.05. The van der Waals surface area contributed by atoms with Gasteiger partial charge in [0.2, 0.25) is 0 Å². The van der Waals surface area contributed by atoms with Crippen molar-refractivity contribution in [3.05, 3.63) is 59.7 Å². The summed E-state index contributed by atoms with van der Waals surface area (Å²) < 4.78 is 5.61. The van der Waals surface area contributed by atoms with E-state index in [2.05, 4.69) is 41.5 Å². The topological polar surface area (TPSA) is 38.1 Å². The van der Waals surface area contributed by atoms with Crippen LogP contribution in [0.5, 0.6) is 0 Å². The molecule has 108 valence electrons. The van der Waals surface area contributed by atoms with Crippen molar-refractivity contribution >= 4 is 28.9 Å². The molecule has 0 unspecified atom stereocenters. The van der Waals surface area contributed by atoms with Gasteiger partial charge in [0.05, 0.1) is 0 Å². The lowest BCUT2D eigenvalue weighted by Crippen LogP contribution is -2.04. The van der Waals surface area contributed by atoms with E-state index in [-0.39, 0.29) is 0 Å². The molecule has 1 N–H and O–H groups in total. The standard InChI is InChI=1S/C17H18N2OS/c1-13-6-8-14(9-7-13)12-21-11-10-18-17-19-15-4-2-3-5-16(15)20-17/h2-9H,10-12H2,1H3,(H,18,19). The summed E-state index contributed by atoms with van der Waals surface area (Å²) in [4.78, 5) is 4.39. The van der Waals surface area contributed by atoms with Crippen LogP contribution < -0.4 is 5.32 Å². The van der Waals surface area contributed by atoms with E-state index in [0.29, 0.717) is 6.01 Å². The molecule has 2 aromatic carbocycles. The highest BCUT2D eigenvalue weighted by atomic mass is 32.2. The highest BCUT2D eigenvalue weighted by Gasteiger charge is 2.03. The Morgan fingerprint density at radius 3 is 2.71 bits per heavy atom. The van der Waals surface area contributed by atoms with E-state index in [9.17, 15) is 0 Å².